The van der Waals surface area contributed by atoms with Crippen molar-refractivity contribution in [3.63, 3.8) is 0 Å². The van der Waals surface area contributed by atoms with E-state index in [2.05, 4.69) is 38.1 Å². The van der Waals surface area contributed by atoms with Gasteiger partial charge in [0, 0.05) is 6.42 Å². The Balaban J connectivity index is 2.42. The Hall–Kier alpha value is -0.820. The molecule has 0 saturated carbocycles. The smallest absolute Gasteiger partial charge is 0.221 e. The molecule has 1 aromatic rings. The van der Waals surface area contributed by atoms with Crippen LogP contribution in [0.2, 0.25) is 0 Å². The summed E-state index contributed by atoms with van der Waals surface area (Å²) in [6.07, 6.45) is 3.36. The van der Waals surface area contributed by atoms with E-state index in [4.69, 9.17) is 11.6 Å². The maximum atomic E-state index is 10.6. The van der Waals surface area contributed by atoms with Gasteiger partial charge in [-0.15, -0.1) is 0 Å². The molecule has 0 saturated heterocycles. The Morgan fingerprint density at radius 3 is 2.25 bits per heavy atom. The molecule has 0 aliphatic carbocycles. The molecular weight excluding hydrogens is 220 g/mol. The van der Waals surface area contributed by atoms with Gasteiger partial charge in [-0.05, 0) is 47.9 Å². The van der Waals surface area contributed by atoms with Crippen LogP contribution in [0.15, 0.2) is 24.3 Å². The molecule has 0 aliphatic heterocycles. The number of halogens is 1. The number of rotatable bonds is 6. The van der Waals surface area contributed by atoms with Crippen molar-refractivity contribution in [2.24, 2.45) is 5.92 Å². The summed E-state index contributed by atoms with van der Waals surface area (Å²) in [5.74, 6) is 0.694. The first-order chi connectivity index (χ1) is 7.58. The summed E-state index contributed by atoms with van der Waals surface area (Å²) in [6, 6.07) is 8.66. The first-order valence-electron chi connectivity index (χ1n) is 5.84. The third-order valence-corrected chi connectivity index (χ3v) is 2.69. The van der Waals surface area contributed by atoms with Gasteiger partial charge in [0.1, 0.15) is 0 Å². The summed E-state index contributed by atoms with van der Waals surface area (Å²) in [5, 5.41) is -0.239. The molecule has 1 aromatic carbocycles. The molecule has 2 heteroatoms. The highest BCUT2D eigenvalue weighted by Gasteiger charge is 2.00. The summed E-state index contributed by atoms with van der Waals surface area (Å²) in [5.41, 5.74) is 2.66. The SMILES string of the molecule is CC(C)Cc1ccc(CCCC(=O)Cl)cc1. The van der Waals surface area contributed by atoms with Gasteiger partial charge in [0.05, 0.1) is 0 Å². The van der Waals surface area contributed by atoms with E-state index >= 15 is 0 Å². The van der Waals surface area contributed by atoms with Gasteiger partial charge in [0.25, 0.3) is 0 Å². The minimum atomic E-state index is -0.239. The highest BCUT2D eigenvalue weighted by molar-refractivity contribution is 6.63. The lowest BCUT2D eigenvalue weighted by molar-refractivity contribution is -0.111. The lowest BCUT2D eigenvalue weighted by Gasteiger charge is -2.06. The molecule has 0 radical (unpaired) electrons. The number of hydrogen-bond donors (Lipinski definition) is 0. The summed E-state index contributed by atoms with van der Waals surface area (Å²) in [4.78, 5) is 10.6. The van der Waals surface area contributed by atoms with Gasteiger partial charge in [0.2, 0.25) is 5.24 Å². The summed E-state index contributed by atoms with van der Waals surface area (Å²) in [7, 11) is 0. The Morgan fingerprint density at radius 1 is 1.19 bits per heavy atom. The number of aryl methyl sites for hydroxylation is 1. The van der Waals surface area contributed by atoms with E-state index in [0.29, 0.717) is 12.3 Å². The second-order valence-corrected chi connectivity index (χ2v) is 5.04. The normalized spacial score (nSPS) is 10.8. The Bertz CT molecular complexity index is 327. The number of carbonyl (C=O) groups excluding carboxylic acids is 1. The van der Waals surface area contributed by atoms with Crippen LogP contribution in [0.5, 0.6) is 0 Å². The minimum Gasteiger partial charge on any atom is -0.281 e. The average Bonchev–Trinajstić information content (AvgIpc) is 2.19. The second kappa shape index (κ2) is 6.70. The molecule has 0 atom stereocenters. The standard InChI is InChI=1S/C14H19ClO/c1-11(2)10-13-8-6-12(7-9-13)4-3-5-14(15)16/h6-9,11H,3-5,10H2,1-2H3. The van der Waals surface area contributed by atoms with Gasteiger partial charge < -0.3 is 0 Å². The van der Waals surface area contributed by atoms with E-state index in [9.17, 15) is 4.79 Å². The van der Waals surface area contributed by atoms with Crippen molar-refractivity contribution in [1.29, 1.82) is 0 Å². The topological polar surface area (TPSA) is 17.1 Å². The van der Waals surface area contributed by atoms with Gasteiger partial charge in [-0.1, -0.05) is 38.1 Å². The second-order valence-electron chi connectivity index (χ2n) is 4.62. The molecule has 1 rings (SSSR count). The molecule has 16 heavy (non-hydrogen) atoms. The van der Waals surface area contributed by atoms with Gasteiger partial charge >= 0.3 is 0 Å². The largest absolute Gasteiger partial charge is 0.281 e. The fraction of sp³-hybridized carbons (Fsp3) is 0.500. The summed E-state index contributed by atoms with van der Waals surface area (Å²) >= 11 is 5.29. The lowest BCUT2D eigenvalue weighted by atomic mass is 10.0. The third kappa shape index (κ3) is 5.32. The van der Waals surface area contributed by atoms with Crippen LogP contribution in [0.4, 0.5) is 0 Å². The Kier molecular flexibility index (Phi) is 5.54. The molecule has 0 heterocycles. The van der Waals surface area contributed by atoms with Gasteiger partial charge in [-0.3, -0.25) is 4.79 Å². The quantitative estimate of drug-likeness (QED) is 0.686. The Morgan fingerprint density at radius 2 is 1.75 bits per heavy atom. The van der Waals surface area contributed by atoms with Crippen LogP contribution in [0.1, 0.15) is 37.8 Å². The zero-order chi connectivity index (χ0) is 12.0. The van der Waals surface area contributed by atoms with E-state index < -0.39 is 0 Å². The van der Waals surface area contributed by atoms with E-state index in [1.54, 1.807) is 0 Å². The predicted molar refractivity (Wildman–Crippen MR) is 68.8 cm³/mol. The van der Waals surface area contributed by atoms with Crippen molar-refractivity contribution in [1.82, 2.24) is 0 Å². The number of carbonyl (C=O) groups is 1. The average molecular weight is 239 g/mol. The molecule has 0 spiro atoms. The monoisotopic (exact) mass is 238 g/mol. The molecule has 0 unspecified atom stereocenters. The van der Waals surface area contributed by atoms with Gasteiger partial charge in [0.15, 0.2) is 0 Å². The molecule has 0 N–H and O–H groups in total. The molecule has 0 amide bonds. The van der Waals surface area contributed by atoms with Crippen LogP contribution in [-0.2, 0) is 17.6 Å². The van der Waals surface area contributed by atoms with E-state index in [1.807, 2.05) is 0 Å². The number of hydrogen-bond acceptors (Lipinski definition) is 1. The van der Waals surface area contributed by atoms with Crippen LogP contribution in [0.25, 0.3) is 0 Å². The van der Waals surface area contributed by atoms with Crippen LogP contribution in [-0.4, -0.2) is 5.24 Å². The molecule has 0 aliphatic rings. The Labute approximate surface area is 103 Å². The zero-order valence-electron chi connectivity index (χ0n) is 10.0. The fourth-order valence-electron chi connectivity index (χ4n) is 1.74. The van der Waals surface area contributed by atoms with E-state index in [0.717, 1.165) is 19.3 Å². The van der Waals surface area contributed by atoms with Crippen molar-refractivity contribution < 1.29 is 4.79 Å². The molecule has 0 aromatic heterocycles. The minimum absolute atomic E-state index is 0.239. The fourth-order valence-corrected chi connectivity index (χ4v) is 1.88. The van der Waals surface area contributed by atoms with Crippen LogP contribution >= 0.6 is 11.6 Å². The van der Waals surface area contributed by atoms with Crippen LogP contribution < -0.4 is 0 Å². The summed E-state index contributed by atoms with van der Waals surface area (Å²) in [6.45, 7) is 4.44. The predicted octanol–water partition coefficient (Wildman–Crippen LogP) is 3.97. The molecule has 1 nitrogen and oxygen atoms in total. The lowest BCUT2D eigenvalue weighted by Crippen LogP contribution is -1.95. The van der Waals surface area contributed by atoms with Crippen molar-refractivity contribution in [2.75, 3.05) is 0 Å². The molecular formula is C14H19ClO. The van der Waals surface area contributed by atoms with Crippen molar-refractivity contribution in [3.05, 3.63) is 35.4 Å². The first kappa shape index (κ1) is 13.2. The van der Waals surface area contributed by atoms with Gasteiger partial charge in [-0.25, -0.2) is 0 Å². The van der Waals surface area contributed by atoms with E-state index in [1.165, 1.54) is 11.1 Å². The first-order valence-corrected chi connectivity index (χ1v) is 6.22. The van der Waals surface area contributed by atoms with Crippen LogP contribution in [0.3, 0.4) is 0 Å². The number of benzene rings is 1. The summed E-state index contributed by atoms with van der Waals surface area (Å²) < 4.78 is 0. The van der Waals surface area contributed by atoms with E-state index in [-0.39, 0.29) is 5.24 Å². The van der Waals surface area contributed by atoms with Crippen molar-refractivity contribution in [3.8, 4) is 0 Å². The maximum Gasteiger partial charge on any atom is 0.221 e. The molecule has 0 bridgehead atoms. The maximum absolute atomic E-state index is 10.6. The van der Waals surface area contributed by atoms with Crippen LogP contribution in [0, 0.1) is 5.92 Å². The van der Waals surface area contributed by atoms with Gasteiger partial charge in [-0.2, -0.15) is 0 Å². The third-order valence-electron chi connectivity index (χ3n) is 2.51. The highest BCUT2D eigenvalue weighted by Crippen LogP contribution is 2.12. The van der Waals surface area contributed by atoms with Crippen molar-refractivity contribution >= 4 is 16.8 Å². The molecule has 0 fully saturated rings. The van der Waals surface area contributed by atoms with Crippen molar-refractivity contribution in [2.45, 2.75) is 39.5 Å². The molecule has 88 valence electrons. The zero-order valence-corrected chi connectivity index (χ0v) is 10.8. The highest BCUT2D eigenvalue weighted by atomic mass is 35.5.